The molecule has 20 heavy (non-hydrogen) atoms. The monoisotopic (exact) mass is 277 g/mol. The van der Waals surface area contributed by atoms with Crippen LogP contribution in [0.2, 0.25) is 0 Å². The molecule has 1 N–H and O–H groups in total. The molecule has 1 aliphatic carbocycles. The fourth-order valence-corrected chi connectivity index (χ4v) is 2.79. The third-order valence-corrected chi connectivity index (χ3v) is 3.87. The third kappa shape index (κ3) is 3.65. The van der Waals surface area contributed by atoms with Crippen LogP contribution in [0.25, 0.3) is 0 Å². The summed E-state index contributed by atoms with van der Waals surface area (Å²) in [6.07, 6.45) is 3.78. The molecule has 4 heteroatoms. The molecule has 0 heterocycles. The van der Waals surface area contributed by atoms with Gasteiger partial charge < -0.3 is 14.8 Å². The second-order valence-corrected chi connectivity index (χ2v) is 5.55. The molecule has 2 rings (SSSR count). The van der Waals surface area contributed by atoms with E-state index in [-0.39, 0.29) is 5.91 Å². The van der Waals surface area contributed by atoms with Gasteiger partial charge in [-0.25, -0.2) is 0 Å². The lowest BCUT2D eigenvalue weighted by Gasteiger charge is -2.13. The molecule has 0 aromatic heterocycles. The van der Waals surface area contributed by atoms with E-state index in [0.29, 0.717) is 24.0 Å². The maximum atomic E-state index is 12.0. The summed E-state index contributed by atoms with van der Waals surface area (Å²) in [4.78, 5) is 12.0. The van der Waals surface area contributed by atoms with Gasteiger partial charge in [-0.15, -0.1) is 0 Å². The van der Waals surface area contributed by atoms with Crippen molar-refractivity contribution < 1.29 is 14.3 Å². The highest BCUT2D eigenvalue weighted by Gasteiger charge is 2.22. The standard InChI is InChI=1S/C16H23NO3/c1-11-4-6-13(8-11)17-16(18)10-12-5-7-14(19-2)15(9-12)20-3/h5,7,9,11,13H,4,6,8,10H2,1-3H3,(H,17,18). The lowest BCUT2D eigenvalue weighted by atomic mass is 10.1. The maximum absolute atomic E-state index is 12.0. The Morgan fingerprint density at radius 2 is 2.00 bits per heavy atom. The van der Waals surface area contributed by atoms with E-state index in [1.165, 1.54) is 6.42 Å². The Bertz CT molecular complexity index is 473. The minimum atomic E-state index is 0.0799. The smallest absolute Gasteiger partial charge is 0.224 e. The number of rotatable bonds is 5. The van der Waals surface area contributed by atoms with Crippen molar-refractivity contribution in [3.8, 4) is 11.5 Å². The topological polar surface area (TPSA) is 47.6 Å². The van der Waals surface area contributed by atoms with Gasteiger partial charge in [-0.3, -0.25) is 4.79 Å². The minimum absolute atomic E-state index is 0.0799. The molecule has 1 aromatic rings. The fourth-order valence-electron chi connectivity index (χ4n) is 2.79. The number of benzene rings is 1. The number of carbonyl (C=O) groups is 1. The van der Waals surface area contributed by atoms with E-state index in [2.05, 4.69) is 12.2 Å². The van der Waals surface area contributed by atoms with Crippen molar-refractivity contribution in [2.45, 2.75) is 38.6 Å². The molecule has 110 valence electrons. The number of amides is 1. The van der Waals surface area contributed by atoms with Gasteiger partial charge >= 0.3 is 0 Å². The molecule has 0 spiro atoms. The predicted molar refractivity (Wildman–Crippen MR) is 78.2 cm³/mol. The number of ether oxygens (including phenoxy) is 2. The van der Waals surface area contributed by atoms with Gasteiger partial charge in [0.25, 0.3) is 0 Å². The first-order valence-corrected chi connectivity index (χ1v) is 7.12. The molecule has 0 aliphatic heterocycles. The zero-order valence-electron chi connectivity index (χ0n) is 12.4. The van der Waals surface area contributed by atoms with Gasteiger partial charge in [0, 0.05) is 6.04 Å². The summed E-state index contributed by atoms with van der Waals surface area (Å²) in [7, 11) is 3.20. The summed E-state index contributed by atoms with van der Waals surface area (Å²) >= 11 is 0. The molecule has 1 aromatic carbocycles. The molecule has 1 aliphatic rings. The first kappa shape index (κ1) is 14.7. The average molecular weight is 277 g/mol. The lowest BCUT2D eigenvalue weighted by Crippen LogP contribution is -2.34. The maximum Gasteiger partial charge on any atom is 0.224 e. The van der Waals surface area contributed by atoms with Crippen molar-refractivity contribution in [2.24, 2.45) is 5.92 Å². The highest BCUT2D eigenvalue weighted by molar-refractivity contribution is 5.79. The Labute approximate surface area is 120 Å². The molecule has 1 amide bonds. The van der Waals surface area contributed by atoms with Crippen LogP contribution in [-0.2, 0) is 11.2 Å². The molecule has 4 nitrogen and oxygen atoms in total. The van der Waals surface area contributed by atoms with Gasteiger partial charge in [0.05, 0.1) is 20.6 Å². The normalized spacial score (nSPS) is 21.6. The quantitative estimate of drug-likeness (QED) is 0.899. The van der Waals surface area contributed by atoms with Crippen molar-refractivity contribution >= 4 is 5.91 Å². The van der Waals surface area contributed by atoms with Gasteiger partial charge in [0.1, 0.15) is 0 Å². The summed E-state index contributed by atoms with van der Waals surface area (Å²) < 4.78 is 10.4. The second kappa shape index (κ2) is 6.64. The SMILES string of the molecule is COc1ccc(CC(=O)NC2CCC(C)C2)cc1OC. The van der Waals surface area contributed by atoms with Crippen LogP contribution in [0.3, 0.4) is 0 Å². The van der Waals surface area contributed by atoms with Crippen molar-refractivity contribution in [3.05, 3.63) is 23.8 Å². The van der Waals surface area contributed by atoms with Crippen molar-refractivity contribution in [1.82, 2.24) is 5.32 Å². The number of hydrogen-bond acceptors (Lipinski definition) is 3. The van der Waals surface area contributed by atoms with E-state index < -0.39 is 0 Å². The molecule has 0 bridgehead atoms. The summed E-state index contributed by atoms with van der Waals surface area (Å²) in [6.45, 7) is 2.24. The number of nitrogens with one attached hydrogen (secondary N) is 1. The van der Waals surface area contributed by atoms with E-state index in [9.17, 15) is 4.79 Å². The van der Waals surface area contributed by atoms with E-state index in [4.69, 9.17) is 9.47 Å². The molecule has 1 fully saturated rings. The minimum Gasteiger partial charge on any atom is -0.493 e. The van der Waals surface area contributed by atoms with E-state index in [0.717, 1.165) is 24.3 Å². The van der Waals surface area contributed by atoms with Crippen LogP contribution in [0.1, 0.15) is 31.7 Å². The van der Waals surface area contributed by atoms with Crippen LogP contribution in [0.15, 0.2) is 18.2 Å². The van der Waals surface area contributed by atoms with E-state index in [1.807, 2.05) is 18.2 Å². The van der Waals surface area contributed by atoms with Gasteiger partial charge in [0.2, 0.25) is 5.91 Å². The molecular weight excluding hydrogens is 254 g/mol. The van der Waals surface area contributed by atoms with Crippen molar-refractivity contribution in [2.75, 3.05) is 14.2 Å². The Balaban J connectivity index is 1.94. The Hall–Kier alpha value is -1.71. The van der Waals surface area contributed by atoms with Crippen LogP contribution in [0, 0.1) is 5.92 Å². The lowest BCUT2D eigenvalue weighted by molar-refractivity contribution is -0.121. The van der Waals surface area contributed by atoms with Gasteiger partial charge in [-0.2, -0.15) is 0 Å². The molecule has 2 atom stereocenters. The van der Waals surface area contributed by atoms with Crippen LogP contribution < -0.4 is 14.8 Å². The number of methoxy groups -OCH3 is 2. The zero-order valence-corrected chi connectivity index (χ0v) is 12.4. The Kier molecular flexibility index (Phi) is 4.88. The molecule has 0 radical (unpaired) electrons. The first-order chi connectivity index (χ1) is 9.62. The van der Waals surface area contributed by atoms with Crippen LogP contribution in [0.5, 0.6) is 11.5 Å². The largest absolute Gasteiger partial charge is 0.493 e. The van der Waals surface area contributed by atoms with E-state index in [1.54, 1.807) is 14.2 Å². The van der Waals surface area contributed by atoms with Gasteiger partial charge in [0.15, 0.2) is 11.5 Å². The van der Waals surface area contributed by atoms with Crippen LogP contribution in [-0.4, -0.2) is 26.2 Å². The van der Waals surface area contributed by atoms with E-state index >= 15 is 0 Å². The third-order valence-electron chi connectivity index (χ3n) is 3.87. The molecule has 1 saturated carbocycles. The first-order valence-electron chi connectivity index (χ1n) is 7.12. The summed E-state index contributed by atoms with van der Waals surface area (Å²) in [6, 6.07) is 5.94. The molecular formula is C16H23NO3. The fraction of sp³-hybridized carbons (Fsp3) is 0.562. The van der Waals surface area contributed by atoms with Crippen LogP contribution in [0.4, 0.5) is 0 Å². The summed E-state index contributed by atoms with van der Waals surface area (Å²) in [5, 5.41) is 3.11. The van der Waals surface area contributed by atoms with Gasteiger partial charge in [-0.05, 0) is 42.9 Å². The summed E-state index contributed by atoms with van der Waals surface area (Å²) in [5.74, 6) is 2.14. The number of carbonyl (C=O) groups excluding carboxylic acids is 1. The van der Waals surface area contributed by atoms with Crippen LogP contribution >= 0.6 is 0 Å². The van der Waals surface area contributed by atoms with Crippen molar-refractivity contribution in [3.63, 3.8) is 0 Å². The predicted octanol–water partition coefficient (Wildman–Crippen LogP) is 2.55. The Morgan fingerprint density at radius 3 is 2.60 bits per heavy atom. The second-order valence-electron chi connectivity index (χ2n) is 5.55. The average Bonchev–Trinajstić information content (AvgIpc) is 2.83. The number of hydrogen-bond donors (Lipinski definition) is 1. The zero-order chi connectivity index (χ0) is 14.5. The summed E-state index contributed by atoms with van der Waals surface area (Å²) in [5.41, 5.74) is 0.936. The molecule has 0 saturated heterocycles. The highest BCUT2D eigenvalue weighted by Crippen LogP contribution is 2.28. The van der Waals surface area contributed by atoms with Gasteiger partial charge in [-0.1, -0.05) is 13.0 Å². The Morgan fingerprint density at radius 1 is 1.25 bits per heavy atom. The highest BCUT2D eigenvalue weighted by atomic mass is 16.5. The van der Waals surface area contributed by atoms with Crippen molar-refractivity contribution in [1.29, 1.82) is 0 Å². The molecule has 2 unspecified atom stereocenters.